The molecular weight excluding hydrogens is 304 g/mol. The molecule has 0 atom stereocenters. The molecule has 3 rings (SSSR count). The van der Waals surface area contributed by atoms with Crippen LogP contribution in [0.15, 0.2) is 16.9 Å². The first-order valence-corrected chi connectivity index (χ1v) is 8.62. The number of carbonyl (C=O) groups excluding carboxylic acids is 1. The maximum absolute atomic E-state index is 12.8. The summed E-state index contributed by atoms with van der Waals surface area (Å²) in [6.07, 6.45) is 6.30. The minimum atomic E-state index is -0.177. The molecule has 0 saturated heterocycles. The molecular formula is C18H24N4O2. The minimum absolute atomic E-state index is 0.0894. The molecule has 0 aliphatic heterocycles. The quantitative estimate of drug-likeness (QED) is 0.844. The second-order valence-electron chi connectivity index (χ2n) is 6.42. The number of H-pyrrole nitrogens is 2. The lowest BCUT2D eigenvalue weighted by Crippen LogP contribution is -2.29. The first-order valence-electron chi connectivity index (χ1n) is 8.62. The van der Waals surface area contributed by atoms with Gasteiger partial charge < -0.3 is 9.88 Å². The van der Waals surface area contributed by atoms with E-state index in [1.165, 1.54) is 36.6 Å². The van der Waals surface area contributed by atoms with E-state index in [0.717, 1.165) is 18.5 Å². The number of hydrogen-bond acceptors (Lipinski definition) is 3. The third-order valence-electron chi connectivity index (χ3n) is 4.71. The number of hydrogen-bond donors (Lipinski definition) is 2. The van der Waals surface area contributed by atoms with Gasteiger partial charge in [-0.2, -0.15) is 5.10 Å². The van der Waals surface area contributed by atoms with Crippen LogP contribution >= 0.6 is 0 Å². The molecule has 128 valence electrons. The van der Waals surface area contributed by atoms with Crippen LogP contribution in [0.25, 0.3) is 0 Å². The third-order valence-corrected chi connectivity index (χ3v) is 4.71. The maximum atomic E-state index is 12.8. The van der Waals surface area contributed by atoms with Gasteiger partial charge in [0.05, 0.1) is 17.8 Å². The van der Waals surface area contributed by atoms with Gasteiger partial charge in [0.15, 0.2) is 0 Å². The van der Waals surface area contributed by atoms with Crippen LogP contribution in [-0.4, -0.2) is 33.0 Å². The summed E-state index contributed by atoms with van der Waals surface area (Å²) in [5.41, 5.74) is 4.53. The van der Waals surface area contributed by atoms with Gasteiger partial charge in [-0.25, -0.2) is 0 Å². The smallest absolute Gasteiger partial charge is 0.255 e. The van der Waals surface area contributed by atoms with E-state index in [1.54, 1.807) is 18.0 Å². The maximum Gasteiger partial charge on any atom is 0.255 e. The fourth-order valence-electron chi connectivity index (χ4n) is 3.36. The topological polar surface area (TPSA) is 81.8 Å². The summed E-state index contributed by atoms with van der Waals surface area (Å²) in [7, 11) is 1.78. The zero-order valence-corrected chi connectivity index (χ0v) is 14.3. The van der Waals surface area contributed by atoms with Crippen molar-refractivity contribution in [1.82, 2.24) is 20.1 Å². The summed E-state index contributed by atoms with van der Waals surface area (Å²) < 4.78 is 0. The van der Waals surface area contributed by atoms with Gasteiger partial charge in [-0.05, 0) is 43.7 Å². The first kappa shape index (κ1) is 16.5. The minimum Gasteiger partial charge on any atom is -0.336 e. The Balaban J connectivity index is 1.80. The van der Waals surface area contributed by atoms with E-state index >= 15 is 0 Å². The molecule has 2 aromatic rings. The van der Waals surface area contributed by atoms with E-state index in [-0.39, 0.29) is 11.5 Å². The summed E-state index contributed by atoms with van der Waals surface area (Å²) >= 11 is 0. The van der Waals surface area contributed by atoms with Crippen LogP contribution in [0.2, 0.25) is 0 Å². The van der Waals surface area contributed by atoms with Crippen LogP contribution in [-0.2, 0) is 25.8 Å². The molecule has 6 nitrogen and oxygen atoms in total. The molecule has 2 heterocycles. The molecule has 0 unspecified atom stereocenters. The van der Waals surface area contributed by atoms with Gasteiger partial charge in [0.2, 0.25) is 5.56 Å². The highest BCUT2D eigenvalue weighted by Crippen LogP contribution is 2.22. The fraction of sp³-hybridized carbons (Fsp3) is 0.500. The number of carbonyl (C=O) groups is 1. The molecule has 0 spiro atoms. The van der Waals surface area contributed by atoms with E-state index in [1.807, 2.05) is 6.92 Å². The zero-order chi connectivity index (χ0) is 17.1. The SMILES string of the molecule is CCc1[nH]c(=O)ccc1C(=O)N(C)Cc1n[nH]c2c1CCCCC2. The first-order chi connectivity index (χ1) is 11.6. The Morgan fingerprint density at radius 1 is 1.25 bits per heavy atom. The number of aromatic amines is 2. The van der Waals surface area contributed by atoms with Gasteiger partial charge in [0.1, 0.15) is 0 Å². The number of nitrogens with zero attached hydrogens (tertiary/aromatic N) is 2. The highest BCUT2D eigenvalue weighted by Gasteiger charge is 2.20. The highest BCUT2D eigenvalue weighted by atomic mass is 16.2. The predicted molar refractivity (Wildman–Crippen MR) is 92.1 cm³/mol. The summed E-state index contributed by atoms with van der Waals surface area (Å²) in [6.45, 7) is 2.41. The van der Waals surface area contributed by atoms with Crippen LogP contribution in [0.3, 0.4) is 0 Å². The van der Waals surface area contributed by atoms with Crippen molar-refractivity contribution in [3.63, 3.8) is 0 Å². The normalized spacial score (nSPS) is 14.1. The molecule has 0 fully saturated rings. The average molecular weight is 328 g/mol. The van der Waals surface area contributed by atoms with Gasteiger partial charge >= 0.3 is 0 Å². The van der Waals surface area contributed by atoms with Crippen molar-refractivity contribution in [2.75, 3.05) is 7.05 Å². The predicted octanol–water partition coefficient (Wildman–Crippen LogP) is 2.20. The molecule has 0 radical (unpaired) electrons. The molecule has 6 heteroatoms. The number of pyridine rings is 1. The van der Waals surface area contributed by atoms with Gasteiger partial charge in [0.25, 0.3) is 5.91 Å². The Hall–Kier alpha value is -2.37. The van der Waals surface area contributed by atoms with Crippen molar-refractivity contribution < 1.29 is 4.79 Å². The van der Waals surface area contributed by atoms with Crippen molar-refractivity contribution in [3.8, 4) is 0 Å². The number of aryl methyl sites for hydroxylation is 2. The van der Waals surface area contributed by atoms with Crippen molar-refractivity contribution in [2.24, 2.45) is 0 Å². The Labute approximate surface area is 141 Å². The van der Waals surface area contributed by atoms with E-state index in [0.29, 0.717) is 24.2 Å². The number of fused-ring (bicyclic) bond motifs is 1. The Morgan fingerprint density at radius 3 is 2.83 bits per heavy atom. The fourth-order valence-corrected chi connectivity index (χ4v) is 3.36. The van der Waals surface area contributed by atoms with E-state index in [9.17, 15) is 9.59 Å². The third kappa shape index (κ3) is 3.27. The second-order valence-corrected chi connectivity index (χ2v) is 6.42. The van der Waals surface area contributed by atoms with Crippen molar-refractivity contribution in [1.29, 1.82) is 0 Å². The summed E-state index contributed by atoms with van der Waals surface area (Å²) in [6, 6.07) is 3.02. The van der Waals surface area contributed by atoms with Crippen LogP contribution < -0.4 is 5.56 Å². The van der Waals surface area contributed by atoms with Gasteiger partial charge in [-0.3, -0.25) is 14.7 Å². The van der Waals surface area contributed by atoms with Crippen molar-refractivity contribution >= 4 is 5.91 Å². The lowest BCUT2D eigenvalue weighted by atomic mass is 10.1. The Kier molecular flexibility index (Phi) is 4.83. The Bertz CT molecular complexity index is 791. The number of rotatable bonds is 4. The summed E-state index contributed by atoms with van der Waals surface area (Å²) in [4.78, 5) is 28.6. The molecule has 24 heavy (non-hydrogen) atoms. The van der Waals surface area contributed by atoms with Crippen LogP contribution in [0, 0.1) is 0 Å². The molecule has 2 N–H and O–H groups in total. The monoisotopic (exact) mass is 328 g/mol. The lowest BCUT2D eigenvalue weighted by molar-refractivity contribution is 0.0781. The Morgan fingerprint density at radius 2 is 2.04 bits per heavy atom. The number of nitrogens with one attached hydrogen (secondary N) is 2. The van der Waals surface area contributed by atoms with Crippen LogP contribution in [0.1, 0.15) is 59.2 Å². The van der Waals surface area contributed by atoms with Crippen molar-refractivity contribution in [3.05, 3.63) is 50.7 Å². The summed E-state index contributed by atoms with van der Waals surface area (Å²) in [5, 5.41) is 7.58. The molecule has 2 aromatic heterocycles. The molecule has 0 saturated carbocycles. The number of aromatic nitrogens is 3. The zero-order valence-electron chi connectivity index (χ0n) is 14.3. The highest BCUT2D eigenvalue weighted by molar-refractivity contribution is 5.95. The molecule has 0 aromatic carbocycles. The molecule has 1 aliphatic rings. The van der Waals surface area contributed by atoms with Gasteiger partial charge in [-0.15, -0.1) is 0 Å². The number of amides is 1. The van der Waals surface area contributed by atoms with Crippen LogP contribution in [0.4, 0.5) is 0 Å². The van der Waals surface area contributed by atoms with E-state index in [4.69, 9.17) is 0 Å². The lowest BCUT2D eigenvalue weighted by Gasteiger charge is -2.18. The average Bonchev–Trinajstić information content (AvgIpc) is 2.81. The van der Waals surface area contributed by atoms with Crippen LogP contribution in [0.5, 0.6) is 0 Å². The van der Waals surface area contributed by atoms with Crippen molar-refractivity contribution in [2.45, 2.75) is 52.0 Å². The van der Waals surface area contributed by atoms with Gasteiger partial charge in [0, 0.05) is 24.5 Å². The summed E-state index contributed by atoms with van der Waals surface area (Å²) in [5.74, 6) is -0.0894. The van der Waals surface area contributed by atoms with E-state index in [2.05, 4.69) is 15.2 Å². The molecule has 1 aliphatic carbocycles. The standard InChI is InChI=1S/C18H24N4O2/c1-3-14-13(9-10-17(23)19-14)18(24)22(2)11-16-12-7-5-4-6-8-15(12)20-21-16/h9-10H,3-8,11H2,1-2H3,(H,19,23)(H,20,21). The van der Waals surface area contributed by atoms with E-state index < -0.39 is 0 Å². The molecule has 0 bridgehead atoms. The second kappa shape index (κ2) is 7.03. The molecule has 1 amide bonds. The largest absolute Gasteiger partial charge is 0.336 e. The van der Waals surface area contributed by atoms with Gasteiger partial charge in [-0.1, -0.05) is 13.3 Å².